The molecular formula is C21H30F2O2. The number of alkyl halides is 2. The molecule has 0 heterocycles. The van der Waals surface area contributed by atoms with Gasteiger partial charge in [0.2, 0.25) is 6.43 Å². The van der Waals surface area contributed by atoms with E-state index in [0.29, 0.717) is 24.7 Å². The first-order valence-electron chi connectivity index (χ1n) is 9.97. The predicted octanol–water partition coefficient (Wildman–Crippen LogP) is 3.86. The van der Waals surface area contributed by atoms with Crippen molar-refractivity contribution >= 4 is 0 Å². The summed E-state index contributed by atoms with van der Waals surface area (Å²) in [6.45, 7) is 1.97. The second kappa shape index (κ2) is 5.92. The zero-order valence-electron chi connectivity index (χ0n) is 15.0. The van der Waals surface area contributed by atoms with Crippen LogP contribution in [0, 0.1) is 53.3 Å². The predicted molar refractivity (Wildman–Crippen MR) is 91.8 cm³/mol. The fraction of sp³-hybridized carbons (Fsp3) is 0.905. The van der Waals surface area contributed by atoms with Crippen LogP contribution in [0.4, 0.5) is 8.78 Å². The van der Waals surface area contributed by atoms with Gasteiger partial charge in [0.15, 0.2) is 0 Å². The third-order valence-corrected chi connectivity index (χ3v) is 8.69. The zero-order chi connectivity index (χ0) is 18.0. The van der Waals surface area contributed by atoms with Crippen LogP contribution < -0.4 is 0 Å². The monoisotopic (exact) mass is 352 g/mol. The minimum absolute atomic E-state index is 0.0319. The second-order valence-electron chi connectivity index (χ2n) is 9.48. The van der Waals surface area contributed by atoms with E-state index in [-0.39, 0.29) is 23.9 Å². The maximum atomic E-state index is 14.1. The summed E-state index contributed by atoms with van der Waals surface area (Å²) in [4.78, 5) is 0. The highest BCUT2D eigenvalue weighted by molar-refractivity contribution is 5.24. The van der Waals surface area contributed by atoms with Gasteiger partial charge in [0, 0.05) is 11.3 Å². The number of aliphatic hydroxyl groups is 2. The van der Waals surface area contributed by atoms with Crippen molar-refractivity contribution in [1.82, 2.24) is 0 Å². The topological polar surface area (TPSA) is 40.5 Å². The van der Waals surface area contributed by atoms with Crippen molar-refractivity contribution in [2.75, 3.05) is 0 Å². The van der Waals surface area contributed by atoms with Crippen LogP contribution in [-0.2, 0) is 0 Å². The van der Waals surface area contributed by atoms with Gasteiger partial charge in [-0.05, 0) is 81.0 Å². The minimum Gasteiger partial charge on any atom is -0.393 e. The Kier molecular flexibility index (Phi) is 4.20. The van der Waals surface area contributed by atoms with Crippen molar-refractivity contribution in [2.24, 2.45) is 40.9 Å². The van der Waals surface area contributed by atoms with Gasteiger partial charge < -0.3 is 10.2 Å². The van der Waals surface area contributed by atoms with Gasteiger partial charge >= 0.3 is 0 Å². The lowest BCUT2D eigenvalue weighted by Crippen LogP contribution is -2.57. The van der Waals surface area contributed by atoms with Crippen molar-refractivity contribution in [3.05, 3.63) is 0 Å². The molecule has 0 aromatic carbocycles. The fourth-order valence-electron chi connectivity index (χ4n) is 7.52. The van der Waals surface area contributed by atoms with Crippen LogP contribution in [0.15, 0.2) is 0 Å². The van der Waals surface area contributed by atoms with Gasteiger partial charge in [0.1, 0.15) is 5.60 Å². The summed E-state index contributed by atoms with van der Waals surface area (Å²) < 4.78 is 28.3. The highest BCUT2D eigenvalue weighted by atomic mass is 19.3. The molecule has 140 valence electrons. The smallest absolute Gasteiger partial charge is 0.241 e. The highest BCUT2D eigenvalue weighted by Gasteiger charge is 2.65. The lowest BCUT2D eigenvalue weighted by molar-refractivity contribution is -0.165. The number of fused-ring (bicyclic) bond motifs is 5. The first kappa shape index (κ1) is 17.7. The van der Waals surface area contributed by atoms with Crippen molar-refractivity contribution in [3.8, 4) is 12.3 Å². The van der Waals surface area contributed by atoms with Gasteiger partial charge in [-0.3, -0.25) is 0 Å². The van der Waals surface area contributed by atoms with Gasteiger partial charge in [0.05, 0.1) is 6.10 Å². The Balaban J connectivity index is 1.70. The molecule has 9 atom stereocenters. The van der Waals surface area contributed by atoms with Crippen LogP contribution in [0.2, 0.25) is 0 Å². The summed E-state index contributed by atoms with van der Waals surface area (Å²) in [6, 6.07) is 0. The molecule has 0 aromatic rings. The third-order valence-electron chi connectivity index (χ3n) is 8.69. The summed E-state index contributed by atoms with van der Waals surface area (Å²) in [5, 5.41) is 21.0. The Morgan fingerprint density at radius 2 is 1.84 bits per heavy atom. The number of rotatable bonds is 1. The van der Waals surface area contributed by atoms with E-state index in [1.807, 2.05) is 6.92 Å². The largest absolute Gasteiger partial charge is 0.393 e. The molecule has 4 aliphatic rings. The van der Waals surface area contributed by atoms with Gasteiger partial charge in [-0.2, -0.15) is 0 Å². The Labute approximate surface area is 149 Å². The molecule has 25 heavy (non-hydrogen) atoms. The maximum absolute atomic E-state index is 14.1. The molecule has 4 heteroatoms. The summed E-state index contributed by atoms with van der Waals surface area (Å²) in [7, 11) is 0. The number of terminal acetylenes is 1. The minimum atomic E-state index is -2.36. The van der Waals surface area contributed by atoms with E-state index in [4.69, 9.17) is 6.42 Å². The molecule has 4 aliphatic carbocycles. The van der Waals surface area contributed by atoms with Gasteiger partial charge in [-0.1, -0.05) is 12.8 Å². The summed E-state index contributed by atoms with van der Waals surface area (Å²) in [5.41, 5.74) is -1.83. The van der Waals surface area contributed by atoms with Gasteiger partial charge in [-0.15, -0.1) is 6.42 Å². The molecular weight excluding hydrogens is 322 g/mol. The van der Waals surface area contributed by atoms with Crippen LogP contribution >= 0.6 is 0 Å². The van der Waals surface area contributed by atoms with E-state index in [1.165, 1.54) is 0 Å². The Morgan fingerprint density at radius 1 is 1.12 bits per heavy atom. The van der Waals surface area contributed by atoms with Crippen LogP contribution in [0.5, 0.6) is 0 Å². The number of halogens is 2. The molecule has 4 saturated carbocycles. The van der Waals surface area contributed by atoms with Crippen LogP contribution in [0.3, 0.4) is 0 Å². The number of hydrogen-bond acceptors (Lipinski definition) is 2. The molecule has 4 fully saturated rings. The van der Waals surface area contributed by atoms with Crippen molar-refractivity contribution in [2.45, 2.75) is 76.4 Å². The van der Waals surface area contributed by atoms with Crippen molar-refractivity contribution in [3.63, 3.8) is 0 Å². The SMILES string of the molecule is C#C[C@@]1(O)CC[C@H]2[C@@H]3CC[C@H]4C[C@@H](O)CC[C@@H]4[C@H]3[C@@H](C(F)F)C[C@@]21C. The normalized spacial score (nSPS) is 55.2. The summed E-state index contributed by atoms with van der Waals surface area (Å²) in [5.74, 6) is 3.13. The second-order valence-corrected chi connectivity index (χ2v) is 9.48. The molecule has 0 aromatic heterocycles. The summed E-state index contributed by atoms with van der Waals surface area (Å²) >= 11 is 0. The quantitative estimate of drug-likeness (QED) is 0.704. The van der Waals surface area contributed by atoms with E-state index in [0.717, 1.165) is 38.5 Å². The van der Waals surface area contributed by atoms with E-state index in [9.17, 15) is 19.0 Å². The van der Waals surface area contributed by atoms with Crippen molar-refractivity contribution < 1.29 is 19.0 Å². The Hall–Kier alpha value is -0.660. The van der Waals surface area contributed by atoms with Crippen molar-refractivity contribution in [1.29, 1.82) is 0 Å². The molecule has 4 rings (SSSR count). The lowest BCUT2D eigenvalue weighted by Gasteiger charge is -2.59. The highest BCUT2D eigenvalue weighted by Crippen LogP contribution is 2.67. The molecule has 0 aliphatic heterocycles. The molecule has 0 amide bonds. The van der Waals surface area contributed by atoms with E-state index < -0.39 is 23.4 Å². The van der Waals surface area contributed by atoms with E-state index in [1.54, 1.807) is 0 Å². The maximum Gasteiger partial charge on any atom is 0.241 e. The first-order chi connectivity index (χ1) is 11.8. The number of hydrogen-bond donors (Lipinski definition) is 2. The number of aliphatic hydroxyl groups excluding tert-OH is 1. The molecule has 0 radical (unpaired) electrons. The average Bonchev–Trinajstić information content (AvgIpc) is 2.85. The molecule has 0 unspecified atom stereocenters. The molecule has 2 nitrogen and oxygen atoms in total. The average molecular weight is 352 g/mol. The Morgan fingerprint density at radius 3 is 2.52 bits per heavy atom. The lowest BCUT2D eigenvalue weighted by atomic mass is 9.46. The molecule has 0 bridgehead atoms. The standard InChI is InChI=1S/C21H30F2O2/c1-3-21(25)9-8-17-15-6-4-12-10-13(24)5-7-14(12)18(15)16(19(22)23)11-20(17,21)2/h1,12-19,24-25H,4-11H2,2H3/t12-,13-,14-,15-,16-,17-,18+,20-,21+/m0/s1. The first-order valence-corrected chi connectivity index (χ1v) is 9.97. The Bertz CT molecular complexity index is 573. The molecule has 0 spiro atoms. The van der Waals surface area contributed by atoms with E-state index >= 15 is 0 Å². The van der Waals surface area contributed by atoms with Gasteiger partial charge in [-0.25, -0.2) is 8.78 Å². The molecule has 2 N–H and O–H groups in total. The zero-order valence-corrected chi connectivity index (χ0v) is 15.0. The third kappa shape index (κ3) is 2.42. The molecule has 0 saturated heterocycles. The van der Waals surface area contributed by atoms with Crippen LogP contribution in [0.1, 0.15) is 58.3 Å². The van der Waals surface area contributed by atoms with Crippen LogP contribution in [-0.4, -0.2) is 28.3 Å². The summed E-state index contributed by atoms with van der Waals surface area (Å²) in [6.07, 6.45) is 9.14. The fourth-order valence-corrected chi connectivity index (χ4v) is 7.52. The van der Waals surface area contributed by atoms with Gasteiger partial charge in [0.25, 0.3) is 0 Å². The van der Waals surface area contributed by atoms with E-state index in [2.05, 4.69) is 5.92 Å². The van der Waals surface area contributed by atoms with Crippen LogP contribution in [0.25, 0.3) is 0 Å².